The van der Waals surface area contributed by atoms with E-state index in [-0.39, 0.29) is 23.9 Å². The SMILES string of the molecule is Cc1ccc(C)c(S(=O)(=O)NCCNC(=O)c2ccc(I)cc2)c1. The number of carbonyl (C=O) groups excluding carboxylic acids is 1. The lowest BCUT2D eigenvalue weighted by atomic mass is 10.2. The molecule has 0 aliphatic rings. The number of nitrogens with one attached hydrogen (secondary N) is 2. The molecule has 0 radical (unpaired) electrons. The zero-order chi connectivity index (χ0) is 17.7. The van der Waals surface area contributed by atoms with Crippen molar-refractivity contribution >= 4 is 38.5 Å². The van der Waals surface area contributed by atoms with Crippen LogP contribution in [0.5, 0.6) is 0 Å². The summed E-state index contributed by atoms with van der Waals surface area (Å²) in [4.78, 5) is 12.2. The Morgan fingerprint density at radius 1 is 1.04 bits per heavy atom. The fraction of sp³-hybridized carbons (Fsp3) is 0.235. The quantitative estimate of drug-likeness (QED) is 0.517. The number of carbonyl (C=O) groups is 1. The Morgan fingerprint density at radius 3 is 2.38 bits per heavy atom. The first-order chi connectivity index (χ1) is 11.3. The van der Waals surface area contributed by atoms with Gasteiger partial charge in [0.2, 0.25) is 10.0 Å². The summed E-state index contributed by atoms with van der Waals surface area (Å²) in [6.45, 7) is 3.95. The summed E-state index contributed by atoms with van der Waals surface area (Å²) in [5.74, 6) is -0.225. The number of rotatable bonds is 6. The van der Waals surface area contributed by atoms with E-state index >= 15 is 0 Å². The minimum absolute atomic E-state index is 0.131. The molecule has 2 aromatic carbocycles. The molecule has 0 unspecified atom stereocenters. The van der Waals surface area contributed by atoms with Crippen LogP contribution in [0.1, 0.15) is 21.5 Å². The second-order valence-electron chi connectivity index (χ2n) is 5.43. The topological polar surface area (TPSA) is 75.3 Å². The van der Waals surface area contributed by atoms with Crippen LogP contribution < -0.4 is 10.0 Å². The number of sulfonamides is 1. The molecule has 0 saturated carbocycles. The van der Waals surface area contributed by atoms with Gasteiger partial charge in [-0.2, -0.15) is 0 Å². The molecule has 0 fully saturated rings. The van der Waals surface area contributed by atoms with Crippen LogP contribution in [0.4, 0.5) is 0 Å². The summed E-state index contributed by atoms with van der Waals surface area (Å²) in [6.07, 6.45) is 0. The van der Waals surface area contributed by atoms with Crippen molar-refractivity contribution in [3.8, 4) is 0 Å². The Hall–Kier alpha value is -1.45. The van der Waals surface area contributed by atoms with Gasteiger partial charge in [0.15, 0.2) is 0 Å². The van der Waals surface area contributed by atoms with Crippen molar-refractivity contribution in [2.24, 2.45) is 0 Å². The first kappa shape index (κ1) is 18.9. The number of hydrogen-bond acceptors (Lipinski definition) is 3. The number of amides is 1. The predicted molar refractivity (Wildman–Crippen MR) is 103 cm³/mol. The maximum Gasteiger partial charge on any atom is 0.251 e. The van der Waals surface area contributed by atoms with Crippen molar-refractivity contribution in [3.63, 3.8) is 0 Å². The summed E-state index contributed by atoms with van der Waals surface area (Å²) in [5, 5.41) is 2.70. The van der Waals surface area contributed by atoms with E-state index < -0.39 is 10.0 Å². The van der Waals surface area contributed by atoms with Gasteiger partial charge in [0.25, 0.3) is 5.91 Å². The molecule has 2 aromatic rings. The smallest absolute Gasteiger partial charge is 0.251 e. The van der Waals surface area contributed by atoms with Crippen molar-refractivity contribution < 1.29 is 13.2 Å². The Balaban J connectivity index is 1.90. The molecule has 0 aromatic heterocycles. The van der Waals surface area contributed by atoms with Crippen molar-refractivity contribution in [2.45, 2.75) is 18.7 Å². The zero-order valence-electron chi connectivity index (χ0n) is 13.5. The fourth-order valence-corrected chi connectivity index (χ4v) is 3.86. The summed E-state index contributed by atoms with van der Waals surface area (Å²) in [7, 11) is -3.58. The normalized spacial score (nSPS) is 11.3. The lowest BCUT2D eigenvalue weighted by Gasteiger charge is -2.11. The van der Waals surface area contributed by atoms with E-state index in [9.17, 15) is 13.2 Å². The standard InChI is InChI=1S/C17H19IN2O3S/c1-12-3-4-13(2)16(11-12)24(22,23)20-10-9-19-17(21)14-5-7-15(18)8-6-14/h3-8,11,20H,9-10H2,1-2H3,(H,19,21). The highest BCUT2D eigenvalue weighted by atomic mass is 127. The van der Waals surface area contributed by atoms with Crippen LogP contribution in [0.2, 0.25) is 0 Å². The van der Waals surface area contributed by atoms with E-state index in [4.69, 9.17) is 0 Å². The lowest BCUT2D eigenvalue weighted by molar-refractivity contribution is 0.0954. The first-order valence-electron chi connectivity index (χ1n) is 7.40. The molecular weight excluding hydrogens is 439 g/mol. The molecule has 0 saturated heterocycles. The summed E-state index contributed by atoms with van der Waals surface area (Å²) in [5.41, 5.74) is 2.12. The van der Waals surface area contributed by atoms with Crippen LogP contribution >= 0.6 is 22.6 Å². The molecule has 24 heavy (non-hydrogen) atoms. The molecule has 0 aliphatic carbocycles. The Bertz CT molecular complexity index is 833. The Labute approximate surface area is 156 Å². The van der Waals surface area contributed by atoms with Crippen LogP contribution in [0, 0.1) is 17.4 Å². The number of hydrogen-bond donors (Lipinski definition) is 2. The molecule has 5 nitrogen and oxygen atoms in total. The highest BCUT2D eigenvalue weighted by Crippen LogP contribution is 2.16. The van der Waals surface area contributed by atoms with Gasteiger partial charge in [0.1, 0.15) is 0 Å². The van der Waals surface area contributed by atoms with Gasteiger partial charge in [-0.25, -0.2) is 13.1 Å². The van der Waals surface area contributed by atoms with E-state index in [2.05, 4.69) is 32.6 Å². The van der Waals surface area contributed by atoms with Gasteiger partial charge in [0.05, 0.1) is 4.90 Å². The first-order valence-corrected chi connectivity index (χ1v) is 9.96. The maximum atomic E-state index is 12.3. The highest BCUT2D eigenvalue weighted by molar-refractivity contribution is 14.1. The molecule has 0 bridgehead atoms. The number of benzene rings is 2. The molecule has 0 aliphatic heterocycles. The third kappa shape index (κ3) is 5.02. The average molecular weight is 458 g/mol. The minimum Gasteiger partial charge on any atom is -0.351 e. The third-order valence-electron chi connectivity index (χ3n) is 3.44. The molecule has 7 heteroatoms. The molecule has 2 rings (SSSR count). The van der Waals surface area contributed by atoms with Crippen molar-refractivity contribution in [2.75, 3.05) is 13.1 Å². The molecule has 128 valence electrons. The van der Waals surface area contributed by atoms with E-state index in [0.29, 0.717) is 11.1 Å². The third-order valence-corrected chi connectivity index (χ3v) is 5.76. The van der Waals surface area contributed by atoms with Crippen molar-refractivity contribution in [1.29, 1.82) is 0 Å². The van der Waals surface area contributed by atoms with Crippen molar-refractivity contribution in [1.82, 2.24) is 10.0 Å². The second-order valence-corrected chi connectivity index (χ2v) is 8.41. The van der Waals surface area contributed by atoms with E-state index in [1.54, 1.807) is 31.2 Å². The Morgan fingerprint density at radius 2 is 1.71 bits per heavy atom. The minimum atomic E-state index is -3.58. The molecular formula is C17H19IN2O3S. The van der Waals surface area contributed by atoms with Gasteiger partial charge < -0.3 is 5.32 Å². The molecule has 0 spiro atoms. The molecule has 2 N–H and O–H groups in total. The molecule has 0 heterocycles. The summed E-state index contributed by atoms with van der Waals surface area (Å²) >= 11 is 2.17. The van der Waals surface area contributed by atoms with Gasteiger partial charge >= 0.3 is 0 Å². The number of aryl methyl sites for hydroxylation is 2. The van der Waals surface area contributed by atoms with Crippen LogP contribution in [-0.2, 0) is 10.0 Å². The Kier molecular flexibility index (Phi) is 6.36. The van der Waals surface area contributed by atoms with Crippen LogP contribution in [0.25, 0.3) is 0 Å². The fourth-order valence-electron chi connectivity index (χ4n) is 2.14. The highest BCUT2D eigenvalue weighted by Gasteiger charge is 2.16. The molecule has 0 atom stereocenters. The van der Waals surface area contributed by atoms with Gasteiger partial charge in [-0.15, -0.1) is 0 Å². The van der Waals surface area contributed by atoms with Gasteiger partial charge in [-0.1, -0.05) is 12.1 Å². The van der Waals surface area contributed by atoms with Crippen LogP contribution in [0.15, 0.2) is 47.4 Å². The molecule has 1 amide bonds. The predicted octanol–water partition coefficient (Wildman–Crippen LogP) is 2.62. The van der Waals surface area contributed by atoms with Gasteiger partial charge in [0, 0.05) is 22.2 Å². The van der Waals surface area contributed by atoms with Crippen molar-refractivity contribution in [3.05, 3.63) is 62.7 Å². The largest absolute Gasteiger partial charge is 0.351 e. The number of halogens is 1. The van der Waals surface area contributed by atoms with E-state index in [0.717, 1.165) is 9.13 Å². The van der Waals surface area contributed by atoms with Gasteiger partial charge in [-0.3, -0.25) is 4.79 Å². The monoisotopic (exact) mass is 458 g/mol. The zero-order valence-corrected chi connectivity index (χ0v) is 16.4. The van der Waals surface area contributed by atoms with Gasteiger partial charge in [-0.05, 0) is 77.9 Å². The van der Waals surface area contributed by atoms with Crippen LogP contribution in [-0.4, -0.2) is 27.4 Å². The van der Waals surface area contributed by atoms with E-state index in [1.165, 1.54) is 0 Å². The average Bonchev–Trinajstić information content (AvgIpc) is 2.54. The second kappa shape index (κ2) is 8.09. The summed E-state index contributed by atoms with van der Waals surface area (Å²) in [6, 6.07) is 12.5. The van der Waals surface area contributed by atoms with E-state index in [1.807, 2.05) is 25.1 Å². The van der Waals surface area contributed by atoms with Crippen LogP contribution in [0.3, 0.4) is 0 Å². The summed E-state index contributed by atoms with van der Waals surface area (Å²) < 4.78 is 28.2. The maximum absolute atomic E-state index is 12.3. The lowest BCUT2D eigenvalue weighted by Crippen LogP contribution is -2.35.